The summed E-state index contributed by atoms with van der Waals surface area (Å²) in [6, 6.07) is 15.3. The summed E-state index contributed by atoms with van der Waals surface area (Å²) in [6.07, 6.45) is 0.319. The summed E-state index contributed by atoms with van der Waals surface area (Å²) in [4.78, 5) is 38.4. The highest BCUT2D eigenvalue weighted by molar-refractivity contribution is 5.93. The summed E-state index contributed by atoms with van der Waals surface area (Å²) < 4.78 is 17.3. The van der Waals surface area contributed by atoms with Crippen molar-refractivity contribution in [2.75, 3.05) is 14.2 Å². The van der Waals surface area contributed by atoms with Crippen LogP contribution in [-0.2, 0) is 30.2 Å². The van der Waals surface area contributed by atoms with Crippen LogP contribution in [0.2, 0.25) is 0 Å². The first-order valence-electron chi connectivity index (χ1n) is 10.9. The van der Waals surface area contributed by atoms with Gasteiger partial charge in [-0.3, -0.25) is 9.36 Å². The van der Waals surface area contributed by atoms with Crippen LogP contribution in [-0.4, -0.2) is 48.4 Å². The van der Waals surface area contributed by atoms with E-state index in [4.69, 9.17) is 14.2 Å². The van der Waals surface area contributed by atoms with Crippen LogP contribution >= 0.6 is 0 Å². The molecule has 3 rings (SSSR count). The average molecular weight is 467 g/mol. The molecule has 0 bridgehead atoms. The van der Waals surface area contributed by atoms with E-state index in [2.05, 4.69) is 5.32 Å². The van der Waals surface area contributed by atoms with Gasteiger partial charge in [0, 0.05) is 25.1 Å². The molecule has 1 N–H and O–H groups in total. The van der Waals surface area contributed by atoms with Crippen LogP contribution in [0.5, 0.6) is 0 Å². The summed E-state index contributed by atoms with van der Waals surface area (Å²) in [6.45, 7) is 5.37. The van der Waals surface area contributed by atoms with Gasteiger partial charge in [0.1, 0.15) is 11.6 Å². The van der Waals surface area contributed by atoms with E-state index in [0.717, 1.165) is 5.39 Å². The van der Waals surface area contributed by atoms with Gasteiger partial charge in [-0.15, -0.1) is 0 Å². The Labute approximate surface area is 198 Å². The Morgan fingerprint density at radius 2 is 1.62 bits per heavy atom. The second kappa shape index (κ2) is 10.5. The number of methoxy groups -OCH3 is 2. The van der Waals surface area contributed by atoms with E-state index in [1.54, 1.807) is 57.3 Å². The zero-order valence-electron chi connectivity index (χ0n) is 20.0. The molecule has 0 radical (unpaired) electrons. The number of fused-ring (bicyclic) bond motifs is 1. The highest BCUT2D eigenvalue weighted by atomic mass is 16.6. The van der Waals surface area contributed by atoms with Crippen molar-refractivity contribution in [2.24, 2.45) is 0 Å². The maximum Gasteiger partial charge on any atom is 0.419 e. The SMILES string of the molecule is COC(=O)[C@@H](Cc1cn(C(=O)OC(C)(C)C)c2ccccc12)NC(=O)[C@H](OC)c1ccccc1. The molecule has 1 aromatic heterocycles. The Bertz CT molecular complexity index is 1160. The lowest BCUT2D eigenvalue weighted by atomic mass is 10.0. The van der Waals surface area contributed by atoms with E-state index in [1.165, 1.54) is 18.8 Å². The summed E-state index contributed by atoms with van der Waals surface area (Å²) in [7, 11) is 2.69. The third-order valence-electron chi connectivity index (χ3n) is 5.19. The standard InChI is InChI=1S/C26H30N2O6/c1-26(2,3)34-25(31)28-16-18(19-13-9-10-14-21(19)28)15-20(24(30)33-5)27-23(29)22(32-4)17-11-7-6-8-12-17/h6-14,16,20,22H,15H2,1-5H3,(H,27,29)/t20-,22-/m1/s1. The molecular weight excluding hydrogens is 436 g/mol. The molecule has 1 heterocycles. The third kappa shape index (κ3) is 5.82. The van der Waals surface area contributed by atoms with Crippen molar-refractivity contribution in [3.63, 3.8) is 0 Å². The maximum atomic E-state index is 13.0. The first-order valence-corrected chi connectivity index (χ1v) is 10.9. The van der Waals surface area contributed by atoms with Crippen molar-refractivity contribution < 1.29 is 28.6 Å². The summed E-state index contributed by atoms with van der Waals surface area (Å²) in [5.41, 5.74) is 1.32. The van der Waals surface area contributed by atoms with Gasteiger partial charge in [-0.25, -0.2) is 9.59 Å². The van der Waals surface area contributed by atoms with E-state index >= 15 is 0 Å². The number of nitrogens with zero attached hydrogens (tertiary/aromatic N) is 1. The molecule has 0 aliphatic carbocycles. The van der Waals surface area contributed by atoms with E-state index < -0.39 is 35.7 Å². The molecule has 1 amide bonds. The highest BCUT2D eigenvalue weighted by Crippen LogP contribution is 2.25. The zero-order valence-corrected chi connectivity index (χ0v) is 20.0. The Morgan fingerprint density at radius 1 is 0.971 bits per heavy atom. The molecule has 0 saturated heterocycles. The number of benzene rings is 2. The molecule has 0 aliphatic heterocycles. The molecule has 0 fully saturated rings. The Balaban J connectivity index is 1.91. The maximum absolute atomic E-state index is 13.0. The summed E-state index contributed by atoms with van der Waals surface area (Å²) >= 11 is 0. The minimum atomic E-state index is -0.989. The number of hydrogen-bond acceptors (Lipinski definition) is 6. The van der Waals surface area contributed by atoms with Crippen molar-refractivity contribution in [3.8, 4) is 0 Å². The minimum absolute atomic E-state index is 0.111. The van der Waals surface area contributed by atoms with Crippen LogP contribution in [0.4, 0.5) is 4.79 Å². The molecule has 0 unspecified atom stereocenters. The molecule has 8 heteroatoms. The average Bonchev–Trinajstić information content (AvgIpc) is 3.17. The Kier molecular flexibility index (Phi) is 7.73. The number of carbonyl (C=O) groups excluding carboxylic acids is 3. The van der Waals surface area contributed by atoms with Crippen LogP contribution in [0.3, 0.4) is 0 Å². The molecule has 0 aliphatic rings. The fourth-order valence-corrected chi connectivity index (χ4v) is 3.70. The van der Waals surface area contributed by atoms with Crippen LogP contribution in [0.15, 0.2) is 60.8 Å². The normalized spacial score (nSPS) is 13.2. The number of rotatable bonds is 7. The number of carbonyl (C=O) groups is 3. The van der Waals surface area contributed by atoms with E-state index in [1.807, 2.05) is 24.3 Å². The van der Waals surface area contributed by atoms with Gasteiger partial charge in [-0.2, -0.15) is 0 Å². The van der Waals surface area contributed by atoms with Crippen molar-refractivity contribution in [2.45, 2.75) is 44.9 Å². The number of hydrogen-bond donors (Lipinski definition) is 1. The lowest BCUT2D eigenvalue weighted by Crippen LogP contribution is -2.45. The second-order valence-corrected chi connectivity index (χ2v) is 8.84. The number of aromatic nitrogens is 1. The van der Waals surface area contributed by atoms with Crippen LogP contribution in [0.25, 0.3) is 10.9 Å². The van der Waals surface area contributed by atoms with Gasteiger partial charge < -0.3 is 19.5 Å². The van der Waals surface area contributed by atoms with Crippen LogP contribution < -0.4 is 5.32 Å². The zero-order chi connectivity index (χ0) is 24.9. The van der Waals surface area contributed by atoms with Crippen molar-refractivity contribution in [3.05, 3.63) is 71.9 Å². The van der Waals surface area contributed by atoms with Gasteiger partial charge in [-0.1, -0.05) is 48.5 Å². The number of para-hydroxylation sites is 1. The topological polar surface area (TPSA) is 95.9 Å². The van der Waals surface area contributed by atoms with Gasteiger partial charge in [0.15, 0.2) is 6.10 Å². The lowest BCUT2D eigenvalue weighted by molar-refractivity contribution is -0.146. The highest BCUT2D eigenvalue weighted by Gasteiger charge is 2.29. The van der Waals surface area contributed by atoms with Gasteiger partial charge in [0.2, 0.25) is 0 Å². The molecule has 3 aromatic rings. The second-order valence-electron chi connectivity index (χ2n) is 8.84. The van der Waals surface area contributed by atoms with Crippen molar-refractivity contribution in [1.82, 2.24) is 9.88 Å². The number of amides is 1. The predicted molar refractivity (Wildman–Crippen MR) is 127 cm³/mol. The largest absolute Gasteiger partial charge is 0.467 e. The molecule has 8 nitrogen and oxygen atoms in total. The number of nitrogens with one attached hydrogen (secondary N) is 1. The van der Waals surface area contributed by atoms with E-state index in [-0.39, 0.29) is 6.42 Å². The molecule has 2 aromatic carbocycles. The van der Waals surface area contributed by atoms with Gasteiger partial charge >= 0.3 is 12.1 Å². The molecule has 34 heavy (non-hydrogen) atoms. The Morgan fingerprint density at radius 3 is 2.24 bits per heavy atom. The fourth-order valence-electron chi connectivity index (χ4n) is 3.70. The van der Waals surface area contributed by atoms with E-state index in [9.17, 15) is 14.4 Å². The number of ether oxygens (including phenoxy) is 3. The van der Waals surface area contributed by atoms with Crippen molar-refractivity contribution >= 4 is 28.9 Å². The van der Waals surface area contributed by atoms with Gasteiger partial charge in [-0.05, 0) is 38.0 Å². The van der Waals surface area contributed by atoms with Crippen LogP contribution in [0.1, 0.15) is 38.0 Å². The van der Waals surface area contributed by atoms with E-state index in [0.29, 0.717) is 16.6 Å². The quantitative estimate of drug-likeness (QED) is 0.529. The molecule has 180 valence electrons. The molecule has 2 atom stereocenters. The lowest BCUT2D eigenvalue weighted by Gasteiger charge is -2.21. The third-order valence-corrected chi connectivity index (χ3v) is 5.19. The first kappa shape index (κ1) is 25.0. The monoisotopic (exact) mass is 466 g/mol. The first-order chi connectivity index (χ1) is 16.1. The van der Waals surface area contributed by atoms with Gasteiger partial charge in [0.25, 0.3) is 5.91 Å². The van der Waals surface area contributed by atoms with Crippen molar-refractivity contribution in [1.29, 1.82) is 0 Å². The molecule has 0 saturated carbocycles. The molecule has 0 spiro atoms. The van der Waals surface area contributed by atoms with Crippen LogP contribution in [0, 0.1) is 0 Å². The predicted octanol–water partition coefficient (Wildman–Crippen LogP) is 4.01. The fraction of sp³-hybridized carbons (Fsp3) is 0.346. The number of esters is 1. The summed E-state index contributed by atoms with van der Waals surface area (Å²) in [5, 5.41) is 3.51. The van der Waals surface area contributed by atoms with Gasteiger partial charge in [0.05, 0.1) is 12.6 Å². The summed E-state index contributed by atoms with van der Waals surface area (Å²) in [5.74, 6) is -1.08. The Hall–Kier alpha value is -3.65. The smallest absolute Gasteiger partial charge is 0.419 e. The minimum Gasteiger partial charge on any atom is -0.467 e. The molecular formula is C26H30N2O6.